The average Bonchev–Trinajstić information content (AvgIpc) is 2.61. The van der Waals surface area contributed by atoms with E-state index in [1.807, 2.05) is 42.2 Å². The molecule has 1 aliphatic heterocycles. The summed E-state index contributed by atoms with van der Waals surface area (Å²) in [6.07, 6.45) is 1.34. The van der Waals surface area contributed by atoms with Crippen LogP contribution in [-0.2, 0) is 14.8 Å². The highest BCUT2D eigenvalue weighted by atomic mass is 32.2. The van der Waals surface area contributed by atoms with E-state index in [4.69, 9.17) is 0 Å². The van der Waals surface area contributed by atoms with Crippen LogP contribution >= 0.6 is 0 Å². The molecule has 6 nitrogen and oxygen atoms in total. The lowest BCUT2D eigenvalue weighted by molar-refractivity contribution is -0.120. The Balaban J connectivity index is 1.83. The second-order valence-corrected chi connectivity index (χ2v) is 8.25. The van der Waals surface area contributed by atoms with Gasteiger partial charge in [0, 0.05) is 31.4 Å². The summed E-state index contributed by atoms with van der Waals surface area (Å²) in [6, 6.07) is 9.90. The molecule has 0 aliphatic carbocycles. The molecule has 1 fully saturated rings. The van der Waals surface area contributed by atoms with Crippen molar-refractivity contribution in [3.8, 4) is 0 Å². The monoisotopic (exact) mass is 353 g/mol. The normalized spacial score (nSPS) is 16.8. The summed E-state index contributed by atoms with van der Waals surface area (Å²) in [5.41, 5.74) is 1.03. The lowest BCUT2D eigenvalue weighted by Crippen LogP contribution is -2.49. The number of nitrogens with one attached hydrogen (secondary N) is 1. The van der Waals surface area contributed by atoms with Crippen molar-refractivity contribution in [2.75, 3.05) is 36.8 Å². The smallest absolute Gasteiger partial charge is 0.239 e. The van der Waals surface area contributed by atoms with Crippen LogP contribution in [0.2, 0.25) is 0 Å². The summed E-state index contributed by atoms with van der Waals surface area (Å²) in [4.78, 5) is 14.3. The molecule has 1 amide bonds. The number of carbonyl (C=O) groups excluding carboxylic acids is 1. The first kappa shape index (κ1) is 18.7. The van der Waals surface area contributed by atoms with Gasteiger partial charge in [0.2, 0.25) is 15.9 Å². The van der Waals surface area contributed by atoms with Crippen LogP contribution in [-0.4, -0.2) is 56.6 Å². The molecule has 1 aromatic carbocycles. The Morgan fingerprint density at radius 1 is 1.21 bits per heavy atom. The van der Waals surface area contributed by atoms with Crippen molar-refractivity contribution in [1.29, 1.82) is 0 Å². The molecule has 7 heteroatoms. The van der Waals surface area contributed by atoms with Gasteiger partial charge in [-0.05, 0) is 38.8 Å². The minimum Gasteiger partial charge on any atom is -0.363 e. The van der Waals surface area contributed by atoms with Gasteiger partial charge in [-0.2, -0.15) is 0 Å². The molecular weight excluding hydrogens is 326 g/mol. The number of likely N-dealkylation sites (N-methyl/N-ethyl adjacent to an activating group) is 1. The van der Waals surface area contributed by atoms with Crippen LogP contribution < -0.4 is 10.2 Å². The number of amides is 1. The van der Waals surface area contributed by atoms with E-state index in [9.17, 15) is 13.2 Å². The molecule has 0 aromatic heterocycles. The topological polar surface area (TPSA) is 69.7 Å². The molecule has 0 spiro atoms. The fraction of sp³-hybridized carbons (Fsp3) is 0.588. The average molecular weight is 353 g/mol. The number of piperidine rings is 1. The zero-order valence-corrected chi connectivity index (χ0v) is 15.3. The van der Waals surface area contributed by atoms with Crippen LogP contribution in [0, 0.1) is 0 Å². The number of hydrogen-bond acceptors (Lipinski definition) is 4. The highest BCUT2D eigenvalue weighted by molar-refractivity contribution is 7.89. The molecule has 1 saturated heterocycles. The third-order valence-corrected chi connectivity index (χ3v) is 6.30. The summed E-state index contributed by atoms with van der Waals surface area (Å²) < 4.78 is 25.2. The molecule has 1 N–H and O–H groups in total. The Morgan fingerprint density at radius 3 is 2.38 bits per heavy atom. The van der Waals surface area contributed by atoms with Crippen LogP contribution in [0.15, 0.2) is 30.3 Å². The maximum Gasteiger partial charge on any atom is 0.239 e. The Labute approximate surface area is 144 Å². The second kappa shape index (κ2) is 8.48. The van der Waals surface area contributed by atoms with Crippen molar-refractivity contribution in [1.82, 2.24) is 9.62 Å². The number of para-hydroxylation sites is 1. The van der Waals surface area contributed by atoms with Crippen LogP contribution in [0.5, 0.6) is 0 Å². The van der Waals surface area contributed by atoms with E-state index in [-0.39, 0.29) is 17.7 Å². The Morgan fingerprint density at radius 2 is 1.83 bits per heavy atom. The maximum atomic E-state index is 12.3. The van der Waals surface area contributed by atoms with Crippen LogP contribution in [0.3, 0.4) is 0 Å². The number of anilines is 1. The molecule has 0 bridgehead atoms. The van der Waals surface area contributed by atoms with Crippen LogP contribution in [0.1, 0.15) is 26.7 Å². The number of rotatable bonds is 7. The van der Waals surface area contributed by atoms with Gasteiger partial charge in [-0.25, -0.2) is 12.7 Å². The highest BCUT2D eigenvalue weighted by Crippen LogP contribution is 2.15. The van der Waals surface area contributed by atoms with Gasteiger partial charge in [-0.3, -0.25) is 4.79 Å². The third-order valence-electron chi connectivity index (χ3n) is 4.41. The van der Waals surface area contributed by atoms with E-state index >= 15 is 0 Å². The lowest BCUT2D eigenvalue weighted by Gasteiger charge is -2.32. The summed E-state index contributed by atoms with van der Waals surface area (Å²) >= 11 is 0. The fourth-order valence-corrected chi connectivity index (χ4v) is 4.06. The van der Waals surface area contributed by atoms with Gasteiger partial charge in [0.1, 0.15) is 0 Å². The summed E-state index contributed by atoms with van der Waals surface area (Å²) in [6.45, 7) is 5.72. The van der Waals surface area contributed by atoms with Gasteiger partial charge in [-0.15, -0.1) is 0 Å². The van der Waals surface area contributed by atoms with Crippen molar-refractivity contribution in [3.05, 3.63) is 30.3 Å². The van der Waals surface area contributed by atoms with E-state index in [0.717, 1.165) is 12.2 Å². The largest absolute Gasteiger partial charge is 0.363 e. The molecule has 1 heterocycles. The predicted molar refractivity (Wildman–Crippen MR) is 96.5 cm³/mol. The molecule has 24 heavy (non-hydrogen) atoms. The Bertz CT molecular complexity index is 626. The number of sulfonamides is 1. The van der Waals surface area contributed by atoms with Crippen molar-refractivity contribution in [2.24, 2.45) is 0 Å². The molecule has 2 rings (SSSR count). The number of hydrogen-bond donors (Lipinski definition) is 1. The van der Waals surface area contributed by atoms with Gasteiger partial charge in [0.15, 0.2) is 0 Å². The van der Waals surface area contributed by atoms with E-state index < -0.39 is 10.0 Å². The molecule has 0 radical (unpaired) electrons. The van der Waals surface area contributed by atoms with Gasteiger partial charge < -0.3 is 10.2 Å². The van der Waals surface area contributed by atoms with Crippen molar-refractivity contribution >= 4 is 21.6 Å². The lowest BCUT2D eigenvalue weighted by atomic mass is 10.1. The van der Waals surface area contributed by atoms with Gasteiger partial charge in [-0.1, -0.05) is 18.2 Å². The van der Waals surface area contributed by atoms with Crippen molar-refractivity contribution in [3.63, 3.8) is 0 Å². The minimum absolute atomic E-state index is 0.0162. The Kier molecular flexibility index (Phi) is 6.62. The molecule has 134 valence electrons. The molecule has 0 unspecified atom stereocenters. The van der Waals surface area contributed by atoms with Gasteiger partial charge >= 0.3 is 0 Å². The highest BCUT2D eigenvalue weighted by Gasteiger charge is 2.27. The number of carbonyl (C=O) groups is 1. The van der Waals surface area contributed by atoms with Crippen molar-refractivity contribution < 1.29 is 13.2 Å². The zero-order valence-electron chi connectivity index (χ0n) is 14.4. The maximum absolute atomic E-state index is 12.3. The quantitative estimate of drug-likeness (QED) is 0.805. The first-order chi connectivity index (χ1) is 11.5. The minimum atomic E-state index is -3.12. The van der Waals surface area contributed by atoms with Crippen molar-refractivity contribution in [2.45, 2.75) is 32.7 Å². The summed E-state index contributed by atoms with van der Waals surface area (Å²) in [5, 5.41) is 3.04. The van der Waals surface area contributed by atoms with Gasteiger partial charge in [0.05, 0.1) is 12.3 Å². The van der Waals surface area contributed by atoms with E-state index in [2.05, 4.69) is 5.32 Å². The van der Waals surface area contributed by atoms with E-state index in [1.54, 1.807) is 6.92 Å². The molecule has 0 atom stereocenters. The SMILES string of the molecule is CCN(CC(=O)NC1CCN(S(=O)(=O)CC)CC1)c1ccccc1. The first-order valence-electron chi connectivity index (χ1n) is 8.53. The van der Waals surface area contributed by atoms with Crippen LogP contribution in [0.4, 0.5) is 5.69 Å². The summed E-state index contributed by atoms with van der Waals surface area (Å²) in [5.74, 6) is 0.115. The molecule has 0 saturated carbocycles. The van der Waals surface area contributed by atoms with Gasteiger partial charge in [0.25, 0.3) is 0 Å². The van der Waals surface area contributed by atoms with E-state index in [0.29, 0.717) is 32.5 Å². The third kappa shape index (κ3) is 4.95. The molecule has 1 aliphatic rings. The fourth-order valence-electron chi connectivity index (χ4n) is 2.93. The predicted octanol–water partition coefficient (Wildman–Crippen LogP) is 1.44. The first-order valence-corrected chi connectivity index (χ1v) is 10.1. The summed E-state index contributed by atoms with van der Waals surface area (Å²) in [7, 11) is -3.12. The number of nitrogens with zero attached hydrogens (tertiary/aromatic N) is 2. The molecular formula is C17H27N3O3S. The standard InChI is InChI=1S/C17H27N3O3S/c1-3-19(16-8-6-5-7-9-16)14-17(21)18-15-10-12-20(13-11-15)24(22,23)4-2/h5-9,15H,3-4,10-14H2,1-2H3,(H,18,21). The molecule has 1 aromatic rings. The number of benzene rings is 1. The second-order valence-electron chi connectivity index (χ2n) is 5.99. The Hall–Kier alpha value is -1.60. The van der Waals surface area contributed by atoms with E-state index in [1.165, 1.54) is 4.31 Å². The zero-order chi connectivity index (χ0) is 17.6. The van der Waals surface area contributed by atoms with Crippen LogP contribution in [0.25, 0.3) is 0 Å².